The highest BCUT2D eigenvalue weighted by molar-refractivity contribution is 5.44. The van der Waals surface area contributed by atoms with Gasteiger partial charge in [-0.1, -0.05) is 36.4 Å². The highest BCUT2D eigenvalue weighted by Crippen LogP contribution is 2.15. The molecule has 2 aromatic heterocycles. The molecule has 0 unspecified atom stereocenters. The lowest BCUT2D eigenvalue weighted by Crippen LogP contribution is -2.23. The first-order valence-corrected chi connectivity index (χ1v) is 7.49. The zero-order valence-electron chi connectivity index (χ0n) is 12.9. The van der Waals surface area contributed by atoms with Gasteiger partial charge in [-0.3, -0.25) is 4.79 Å². The van der Waals surface area contributed by atoms with Crippen LogP contribution in [0.5, 0.6) is 5.88 Å². The lowest BCUT2D eigenvalue weighted by molar-refractivity contribution is 0.287. The van der Waals surface area contributed by atoms with Crippen molar-refractivity contribution in [2.45, 2.75) is 20.0 Å². The van der Waals surface area contributed by atoms with Crippen LogP contribution in [0.2, 0.25) is 0 Å². The van der Waals surface area contributed by atoms with E-state index in [0.717, 1.165) is 5.56 Å². The van der Waals surface area contributed by atoms with E-state index in [4.69, 9.17) is 9.84 Å². The van der Waals surface area contributed by atoms with Crippen molar-refractivity contribution < 1.29 is 9.84 Å². The second-order valence-electron chi connectivity index (χ2n) is 5.29. The molecule has 0 radical (unpaired) electrons. The molecule has 0 aliphatic rings. The van der Waals surface area contributed by atoms with Gasteiger partial charge in [-0.2, -0.15) is 0 Å². The van der Waals surface area contributed by atoms with Gasteiger partial charge in [0.05, 0.1) is 0 Å². The molecule has 5 nitrogen and oxygen atoms in total. The number of benzene rings is 1. The Kier molecular flexibility index (Phi) is 4.39. The number of nitrogens with zero attached hydrogens (tertiary/aromatic N) is 2. The normalized spacial score (nSPS) is 10.9. The summed E-state index contributed by atoms with van der Waals surface area (Å²) in [6.07, 6.45) is 0.285. The van der Waals surface area contributed by atoms with E-state index in [2.05, 4.69) is 4.98 Å². The smallest absolute Gasteiger partial charge is 0.264 e. The van der Waals surface area contributed by atoms with Crippen LogP contribution in [0.3, 0.4) is 0 Å². The van der Waals surface area contributed by atoms with Crippen molar-refractivity contribution in [1.29, 1.82) is 0 Å². The van der Waals surface area contributed by atoms with Gasteiger partial charge in [0.1, 0.15) is 12.3 Å². The lowest BCUT2D eigenvalue weighted by Gasteiger charge is -2.12. The predicted molar refractivity (Wildman–Crippen MR) is 87.8 cm³/mol. The van der Waals surface area contributed by atoms with Crippen molar-refractivity contribution in [1.82, 2.24) is 9.38 Å². The maximum atomic E-state index is 12.7. The molecule has 1 aromatic carbocycles. The van der Waals surface area contributed by atoms with Crippen molar-refractivity contribution in [2.24, 2.45) is 0 Å². The highest BCUT2D eigenvalue weighted by Gasteiger charge is 2.12. The van der Waals surface area contributed by atoms with Gasteiger partial charge < -0.3 is 9.84 Å². The van der Waals surface area contributed by atoms with E-state index in [1.54, 1.807) is 19.1 Å². The van der Waals surface area contributed by atoms with Gasteiger partial charge in [-0.15, -0.1) is 0 Å². The number of ether oxygens (including phenoxy) is 1. The second kappa shape index (κ2) is 6.62. The minimum absolute atomic E-state index is 0.0864. The van der Waals surface area contributed by atoms with Gasteiger partial charge in [-0.05, 0) is 24.6 Å². The zero-order chi connectivity index (χ0) is 16.2. The molecule has 0 atom stereocenters. The first-order chi connectivity index (χ1) is 11.2. The summed E-state index contributed by atoms with van der Waals surface area (Å²) in [6.45, 7) is 2.07. The van der Waals surface area contributed by atoms with Crippen molar-refractivity contribution in [3.05, 3.63) is 75.7 Å². The molecule has 5 heteroatoms. The maximum Gasteiger partial charge on any atom is 0.264 e. The van der Waals surface area contributed by atoms with Gasteiger partial charge in [-0.25, -0.2) is 9.38 Å². The molecule has 0 saturated heterocycles. The number of pyridine rings is 1. The molecule has 2 heterocycles. The largest absolute Gasteiger partial charge is 0.474 e. The van der Waals surface area contributed by atoms with Crippen molar-refractivity contribution in [2.75, 3.05) is 6.61 Å². The van der Waals surface area contributed by atoms with Crippen LogP contribution in [-0.2, 0) is 13.0 Å². The fraction of sp³-hybridized carbons (Fsp3) is 0.222. The molecule has 0 aliphatic carbocycles. The molecule has 3 rings (SSSR count). The van der Waals surface area contributed by atoms with Crippen LogP contribution in [0.25, 0.3) is 5.65 Å². The topological polar surface area (TPSA) is 63.8 Å². The van der Waals surface area contributed by atoms with Crippen LogP contribution < -0.4 is 10.3 Å². The number of aromatic nitrogens is 2. The molecule has 23 heavy (non-hydrogen) atoms. The fourth-order valence-electron chi connectivity index (χ4n) is 2.54. The van der Waals surface area contributed by atoms with E-state index in [-0.39, 0.29) is 18.6 Å². The van der Waals surface area contributed by atoms with Crippen LogP contribution >= 0.6 is 0 Å². The Morgan fingerprint density at radius 1 is 1.13 bits per heavy atom. The quantitative estimate of drug-likeness (QED) is 0.784. The average molecular weight is 310 g/mol. The third kappa shape index (κ3) is 3.10. The third-order valence-electron chi connectivity index (χ3n) is 3.71. The number of aliphatic hydroxyl groups excluding tert-OH is 1. The first kappa shape index (κ1) is 15.2. The summed E-state index contributed by atoms with van der Waals surface area (Å²) in [4.78, 5) is 17.1. The number of rotatable bonds is 5. The fourth-order valence-corrected chi connectivity index (χ4v) is 2.54. The number of hydrogen-bond acceptors (Lipinski definition) is 4. The lowest BCUT2D eigenvalue weighted by atomic mass is 10.2. The second-order valence-corrected chi connectivity index (χ2v) is 5.29. The van der Waals surface area contributed by atoms with Gasteiger partial charge in [0.15, 0.2) is 0 Å². The summed E-state index contributed by atoms with van der Waals surface area (Å²) in [5.74, 6) is 0.447. The maximum absolute atomic E-state index is 12.7. The van der Waals surface area contributed by atoms with Gasteiger partial charge in [0.25, 0.3) is 5.56 Å². The van der Waals surface area contributed by atoms with Crippen LogP contribution in [-0.4, -0.2) is 21.1 Å². The van der Waals surface area contributed by atoms with Crippen LogP contribution in [0.4, 0.5) is 0 Å². The Bertz CT molecular complexity index is 873. The standard InChI is InChI=1S/C18H18N2O3/c1-13-15(10-11-21)18(22)20-16(19-13)8-5-9-17(20)23-12-14-6-3-2-4-7-14/h2-9,21H,10-12H2,1H3. The molecule has 1 N–H and O–H groups in total. The number of fused-ring (bicyclic) bond motifs is 1. The molecule has 118 valence electrons. The van der Waals surface area contributed by atoms with E-state index in [0.29, 0.717) is 29.4 Å². The molecule has 3 aromatic rings. The van der Waals surface area contributed by atoms with Gasteiger partial charge in [0, 0.05) is 24.3 Å². The predicted octanol–water partition coefficient (Wildman–Crippen LogP) is 2.12. The van der Waals surface area contributed by atoms with Gasteiger partial charge >= 0.3 is 0 Å². The van der Waals surface area contributed by atoms with E-state index in [9.17, 15) is 4.79 Å². The third-order valence-corrected chi connectivity index (χ3v) is 3.71. The highest BCUT2D eigenvalue weighted by atomic mass is 16.5. The van der Waals surface area contributed by atoms with Crippen molar-refractivity contribution in [3.8, 4) is 5.88 Å². The molecule has 0 aliphatic heterocycles. The summed E-state index contributed by atoms with van der Waals surface area (Å²) in [5.41, 5.74) is 2.53. The summed E-state index contributed by atoms with van der Waals surface area (Å²) < 4.78 is 7.28. The molecular formula is C18H18N2O3. The Labute approximate surface area is 133 Å². The molecule has 0 fully saturated rings. The van der Waals surface area contributed by atoms with Crippen LogP contribution in [0, 0.1) is 6.92 Å². The Hall–Kier alpha value is -2.66. The molecule has 0 bridgehead atoms. The minimum atomic E-state index is -0.190. The van der Waals surface area contributed by atoms with E-state index in [1.807, 2.05) is 36.4 Å². The summed E-state index contributed by atoms with van der Waals surface area (Å²) in [5, 5.41) is 9.15. The monoisotopic (exact) mass is 310 g/mol. The Balaban J connectivity index is 2.03. The summed E-state index contributed by atoms with van der Waals surface area (Å²) in [7, 11) is 0. The van der Waals surface area contributed by atoms with Crippen LogP contribution in [0.1, 0.15) is 16.8 Å². The molecule has 0 spiro atoms. The van der Waals surface area contributed by atoms with Crippen LogP contribution in [0.15, 0.2) is 53.3 Å². The minimum Gasteiger partial charge on any atom is -0.474 e. The summed E-state index contributed by atoms with van der Waals surface area (Å²) in [6, 6.07) is 15.1. The molecular weight excluding hydrogens is 292 g/mol. The van der Waals surface area contributed by atoms with Crippen molar-refractivity contribution in [3.63, 3.8) is 0 Å². The Morgan fingerprint density at radius 3 is 2.65 bits per heavy atom. The van der Waals surface area contributed by atoms with Gasteiger partial charge in [0.2, 0.25) is 5.88 Å². The first-order valence-electron chi connectivity index (χ1n) is 7.49. The number of aliphatic hydroxyl groups is 1. The average Bonchev–Trinajstić information content (AvgIpc) is 2.57. The zero-order valence-corrected chi connectivity index (χ0v) is 12.9. The number of hydrogen-bond donors (Lipinski definition) is 1. The SMILES string of the molecule is Cc1nc2cccc(OCc3ccccc3)n2c(=O)c1CCO. The molecule has 0 saturated carbocycles. The Morgan fingerprint density at radius 2 is 1.91 bits per heavy atom. The van der Waals surface area contributed by atoms with E-state index in [1.165, 1.54) is 4.40 Å². The number of aryl methyl sites for hydroxylation is 1. The van der Waals surface area contributed by atoms with E-state index >= 15 is 0 Å². The summed E-state index contributed by atoms with van der Waals surface area (Å²) >= 11 is 0. The van der Waals surface area contributed by atoms with Crippen molar-refractivity contribution >= 4 is 5.65 Å². The molecule has 0 amide bonds. The van der Waals surface area contributed by atoms with E-state index < -0.39 is 0 Å².